The van der Waals surface area contributed by atoms with Gasteiger partial charge in [-0.25, -0.2) is 0 Å². The van der Waals surface area contributed by atoms with Crippen molar-refractivity contribution in [1.82, 2.24) is 4.90 Å². The van der Waals surface area contributed by atoms with Crippen LogP contribution in [-0.2, 0) is 4.79 Å². The number of nitrogens with zero attached hydrogens (tertiary/aromatic N) is 1. The molecule has 0 unspecified atom stereocenters. The van der Waals surface area contributed by atoms with Gasteiger partial charge in [0.05, 0.1) is 4.88 Å². The van der Waals surface area contributed by atoms with Gasteiger partial charge in [-0.15, -0.1) is 11.3 Å². The van der Waals surface area contributed by atoms with Crippen molar-refractivity contribution >= 4 is 23.2 Å². The first-order chi connectivity index (χ1) is 8.66. The molecule has 2 rings (SSSR count). The first-order valence-electron chi connectivity index (χ1n) is 6.21. The van der Waals surface area contributed by atoms with Crippen molar-refractivity contribution < 1.29 is 14.7 Å². The van der Waals surface area contributed by atoms with Gasteiger partial charge in [-0.1, -0.05) is 6.07 Å². The maximum Gasteiger partial charge on any atom is 0.303 e. The molecule has 0 atom stereocenters. The molecule has 18 heavy (non-hydrogen) atoms. The predicted molar refractivity (Wildman–Crippen MR) is 69.8 cm³/mol. The fourth-order valence-corrected chi connectivity index (χ4v) is 3.00. The fourth-order valence-electron chi connectivity index (χ4n) is 2.31. The molecule has 0 aromatic carbocycles. The van der Waals surface area contributed by atoms with Crippen LogP contribution in [0.1, 0.15) is 35.4 Å². The molecule has 0 bridgehead atoms. The van der Waals surface area contributed by atoms with Crippen LogP contribution in [0.15, 0.2) is 17.5 Å². The summed E-state index contributed by atoms with van der Waals surface area (Å²) >= 11 is 1.47. The van der Waals surface area contributed by atoms with Gasteiger partial charge in [0.25, 0.3) is 5.91 Å². The molecule has 1 N–H and O–H groups in total. The molecular formula is C13H17NO3S. The van der Waals surface area contributed by atoms with Crippen molar-refractivity contribution in [3.63, 3.8) is 0 Å². The van der Waals surface area contributed by atoms with Crippen LogP contribution >= 0.6 is 11.3 Å². The lowest BCUT2D eigenvalue weighted by atomic mass is 9.92. The Morgan fingerprint density at radius 3 is 2.67 bits per heavy atom. The van der Waals surface area contributed by atoms with Crippen molar-refractivity contribution in [2.24, 2.45) is 5.92 Å². The van der Waals surface area contributed by atoms with Crippen LogP contribution in [0.2, 0.25) is 0 Å². The lowest BCUT2D eigenvalue weighted by Crippen LogP contribution is -2.38. The van der Waals surface area contributed by atoms with Gasteiger partial charge in [-0.05, 0) is 36.6 Å². The topological polar surface area (TPSA) is 57.6 Å². The summed E-state index contributed by atoms with van der Waals surface area (Å²) in [6.45, 7) is 1.50. The maximum absolute atomic E-state index is 12.1. The van der Waals surface area contributed by atoms with Crippen LogP contribution in [-0.4, -0.2) is 35.0 Å². The van der Waals surface area contributed by atoms with Gasteiger partial charge in [0.2, 0.25) is 0 Å². The molecule has 5 heteroatoms. The average molecular weight is 267 g/mol. The second-order valence-electron chi connectivity index (χ2n) is 4.65. The van der Waals surface area contributed by atoms with Crippen molar-refractivity contribution in [3.05, 3.63) is 22.4 Å². The number of amides is 1. The van der Waals surface area contributed by atoms with Crippen molar-refractivity contribution in [1.29, 1.82) is 0 Å². The first kappa shape index (κ1) is 13.1. The summed E-state index contributed by atoms with van der Waals surface area (Å²) in [5, 5.41) is 10.6. The lowest BCUT2D eigenvalue weighted by molar-refractivity contribution is -0.137. The summed E-state index contributed by atoms with van der Waals surface area (Å²) in [5.74, 6) is -0.165. The van der Waals surface area contributed by atoms with E-state index >= 15 is 0 Å². The van der Waals surface area contributed by atoms with Crippen LogP contribution in [0.25, 0.3) is 0 Å². The molecule has 2 heterocycles. The Hall–Kier alpha value is -1.36. The Morgan fingerprint density at radius 2 is 2.11 bits per heavy atom. The van der Waals surface area contributed by atoms with Crippen LogP contribution in [0, 0.1) is 5.92 Å². The Balaban J connectivity index is 1.80. The number of hydrogen-bond donors (Lipinski definition) is 1. The summed E-state index contributed by atoms with van der Waals surface area (Å²) < 4.78 is 0. The van der Waals surface area contributed by atoms with Gasteiger partial charge >= 0.3 is 5.97 Å². The van der Waals surface area contributed by atoms with Crippen LogP contribution < -0.4 is 0 Å². The molecule has 0 spiro atoms. The normalized spacial score (nSPS) is 16.8. The number of piperidine rings is 1. The summed E-state index contributed by atoms with van der Waals surface area (Å²) in [7, 11) is 0. The Kier molecular flexibility index (Phi) is 4.36. The highest BCUT2D eigenvalue weighted by Gasteiger charge is 2.24. The third-order valence-electron chi connectivity index (χ3n) is 3.40. The molecule has 1 aliphatic heterocycles. The fraction of sp³-hybridized carbons (Fsp3) is 0.538. The van der Waals surface area contributed by atoms with Crippen LogP contribution in [0.5, 0.6) is 0 Å². The zero-order valence-electron chi connectivity index (χ0n) is 10.2. The number of carboxylic acid groups (broad SMARTS) is 1. The molecule has 1 aromatic heterocycles. The summed E-state index contributed by atoms with van der Waals surface area (Å²) in [6, 6.07) is 3.74. The van der Waals surface area contributed by atoms with Crippen LogP contribution in [0.3, 0.4) is 0 Å². The standard InChI is InChI=1S/C13H17NO3S/c15-12(16)4-3-10-5-7-14(8-6-10)13(17)11-2-1-9-18-11/h1-2,9-10H,3-8H2,(H,15,16). The molecule has 0 aliphatic carbocycles. The zero-order chi connectivity index (χ0) is 13.0. The highest BCUT2D eigenvalue weighted by atomic mass is 32.1. The van der Waals surface area contributed by atoms with Crippen molar-refractivity contribution in [2.75, 3.05) is 13.1 Å². The number of carbonyl (C=O) groups excluding carboxylic acids is 1. The quantitative estimate of drug-likeness (QED) is 0.911. The van der Waals surface area contributed by atoms with Crippen molar-refractivity contribution in [3.8, 4) is 0 Å². The molecule has 1 aliphatic rings. The van der Waals surface area contributed by atoms with Gasteiger partial charge in [-0.2, -0.15) is 0 Å². The van der Waals surface area contributed by atoms with Crippen LogP contribution in [0.4, 0.5) is 0 Å². The minimum absolute atomic E-state index is 0.113. The second kappa shape index (κ2) is 6.00. The number of hydrogen-bond acceptors (Lipinski definition) is 3. The van der Waals surface area contributed by atoms with Gasteiger partial charge in [0, 0.05) is 19.5 Å². The van der Waals surface area contributed by atoms with E-state index in [1.54, 1.807) is 0 Å². The predicted octanol–water partition coefficient (Wildman–Crippen LogP) is 2.47. The van der Waals surface area contributed by atoms with E-state index < -0.39 is 5.97 Å². The molecule has 0 saturated carbocycles. The molecular weight excluding hydrogens is 250 g/mol. The molecule has 1 fully saturated rings. The molecule has 4 nitrogen and oxygen atoms in total. The third kappa shape index (κ3) is 3.32. The van der Waals surface area contributed by atoms with Gasteiger partial charge in [0.15, 0.2) is 0 Å². The van der Waals surface area contributed by atoms with Gasteiger partial charge < -0.3 is 10.0 Å². The Bertz CT molecular complexity index is 408. The molecule has 1 amide bonds. The second-order valence-corrected chi connectivity index (χ2v) is 5.59. The third-order valence-corrected chi connectivity index (χ3v) is 4.26. The zero-order valence-corrected chi connectivity index (χ0v) is 11.0. The van der Waals surface area contributed by atoms with Gasteiger partial charge in [-0.3, -0.25) is 9.59 Å². The number of likely N-dealkylation sites (tertiary alicyclic amines) is 1. The van der Waals surface area contributed by atoms with E-state index in [-0.39, 0.29) is 12.3 Å². The smallest absolute Gasteiger partial charge is 0.303 e. The highest BCUT2D eigenvalue weighted by Crippen LogP contribution is 2.23. The largest absolute Gasteiger partial charge is 0.481 e. The molecule has 1 aromatic rings. The van der Waals surface area contributed by atoms with Crippen molar-refractivity contribution in [2.45, 2.75) is 25.7 Å². The Labute approximate surface area is 110 Å². The Morgan fingerprint density at radius 1 is 1.39 bits per heavy atom. The first-order valence-corrected chi connectivity index (χ1v) is 7.09. The lowest BCUT2D eigenvalue weighted by Gasteiger charge is -2.31. The summed E-state index contributed by atoms with van der Waals surface area (Å²) in [4.78, 5) is 25.3. The average Bonchev–Trinajstić information content (AvgIpc) is 2.90. The maximum atomic E-state index is 12.1. The summed E-state index contributed by atoms with van der Waals surface area (Å²) in [6.07, 6.45) is 2.81. The van der Waals surface area contributed by atoms with E-state index in [0.29, 0.717) is 5.92 Å². The number of aliphatic carboxylic acids is 1. The van der Waals surface area contributed by atoms with E-state index in [2.05, 4.69) is 0 Å². The minimum atomic E-state index is -0.730. The number of carboxylic acids is 1. The monoisotopic (exact) mass is 267 g/mol. The SMILES string of the molecule is O=C(O)CCC1CCN(C(=O)c2cccs2)CC1. The van der Waals surface area contributed by atoms with E-state index in [9.17, 15) is 9.59 Å². The highest BCUT2D eigenvalue weighted by molar-refractivity contribution is 7.12. The van der Waals surface area contributed by atoms with Gasteiger partial charge in [0.1, 0.15) is 0 Å². The van der Waals surface area contributed by atoms with E-state index in [0.717, 1.165) is 37.2 Å². The molecule has 1 saturated heterocycles. The number of thiophene rings is 1. The number of carbonyl (C=O) groups is 2. The summed E-state index contributed by atoms with van der Waals surface area (Å²) in [5.41, 5.74) is 0. The van der Waals surface area contributed by atoms with E-state index in [1.165, 1.54) is 11.3 Å². The molecule has 0 radical (unpaired) electrons. The molecule has 98 valence electrons. The number of rotatable bonds is 4. The van der Waals surface area contributed by atoms with E-state index in [1.807, 2.05) is 22.4 Å². The minimum Gasteiger partial charge on any atom is -0.481 e. The van der Waals surface area contributed by atoms with E-state index in [4.69, 9.17) is 5.11 Å².